The lowest BCUT2D eigenvalue weighted by Crippen LogP contribution is -2.51. The maximum Gasteiger partial charge on any atom is 0.271 e. The third-order valence-electron chi connectivity index (χ3n) is 5.11. The Bertz CT molecular complexity index is 1190. The molecule has 0 fully saturated rings. The van der Waals surface area contributed by atoms with Crippen LogP contribution in [0.4, 0.5) is 15.8 Å². The Morgan fingerprint density at radius 3 is 2.34 bits per heavy atom. The quantitative estimate of drug-likeness (QED) is 0.361. The Labute approximate surface area is 202 Å². The summed E-state index contributed by atoms with van der Waals surface area (Å²) < 4.78 is 44.5. The summed E-state index contributed by atoms with van der Waals surface area (Å²) in [4.78, 5) is 37.6. The molecule has 1 unspecified atom stereocenters. The van der Waals surface area contributed by atoms with Crippen LogP contribution in [0.5, 0.6) is 5.75 Å². The first-order valence-corrected chi connectivity index (χ1v) is 12.4. The first kappa shape index (κ1) is 27.5. The van der Waals surface area contributed by atoms with Crippen molar-refractivity contribution in [3.8, 4) is 5.75 Å². The number of amides is 2. The lowest BCUT2D eigenvalue weighted by Gasteiger charge is -2.31. The molecule has 1 atom stereocenters. The highest BCUT2D eigenvalue weighted by Crippen LogP contribution is 2.33. The summed E-state index contributed by atoms with van der Waals surface area (Å²) in [6.07, 6.45) is 0.843. The molecule has 0 aliphatic heterocycles. The molecule has 0 spiro atoms. The highest BCUT2D eigenvalue weighted by atomic mass is 32.2. The van der Waals surface area contributed by atoms with Crippen LogP contribution in [0, 0.1) is 15.9 Å². The van der Waals surface area contributed by atoms with Crippen molar-refractivity contribution in [1.29, 1.82) is 0 Å². The molecule has 0 aliphatic rings. The van der Waals surface area contributed by atoms with Gasteiger partial charge < -0.3 is 15.0 Å². The number of nitro benzene ring substituents is 1. The Morgan fingerprint density at radius 1 is 1.20 bits per heavy atom. The number of likely N-dealkylation sites (N-methyl/N-ethyl adjacent to an activating group) is 1. The zero-order valence-electron chi connectivity index (χ0n) is 19.7. The number of hydrogen-bond acceptors (Lipinski definition) is 7. The van der Waals surface area contributed by atoms with Crippen LogP contribution >= 0.6 is 0 Å². The topological polar surface area (TPSA) is 139 Å². The molecular formula is C22H27FN4O7S. The van der Waals surface area contributed by atoms with Crippen molar-refractivity contribution < 1.29 is 32.1 Å². The molecule has 1 N–H and O–H groups in total. The minimum absolute atomic E-state index is 0.00400. The number of methoxy groups -OCH3 is 1. The molecule has 35 heavy (non-hydrogen) atoms. The van der Waals surface area contributed by atoms with Gasteiger partial charge in [-0.25, -0.2) is 12.8 Å². The summed E-state index contributed by atoms with van der Waals surface area (Å²) in [5, 5.41) is 13.9. The van der Waals surface area contributed by atoms with E-state index < -0.39 is 50.9 Å². The van der Waals surface area contributed by atoms with E-state index in [1.165, 1.54) is 44.4 Å². The molecule has 0 heterocycles. The highest BCUT2D eigenvalue weighted by Gasteiger charge is 2.31. The van der Waals surface area contributed by atoms with Gasteiger partial charge in [-0.05, 0) is 37.6 Å². The molecule has 190 valence electrons. The van der Waals surface area contributed by atoms with Crippen molar-refractivity contribution in [3.63, 3.8) is 0 Å². The predicted octanol–water partition coefficient (Wildman–Crippen LogP) is 2.06. The summed E-state index contributed by atoms with van der Waals surface area (Å²) in [6.45, 7) is 2.62. The molecule has 0 radical (unpaired) electrons. The third-order valence-corrected chi connectivity index (χ3v) is 6.23. The molecule has 13 heteroatoms. The molecule has 0 saturated heterocycles. The number of nitrogens with one attached hydrogen (secondary N) is 1. The van der Waals surface area contributed by atoms with Gasteiger partial charge >= 0.3 is 0 Å². The summed E-state index contributed by atoms with van der Waals surface area (Å²) in [5.41, 5.74) is -0.0968. The van der Waals surface area contributed by atoms with Crippen LogP contribution < -0.4 is 14.4 Å². The van der Waals surface area contributed by atoms with E-state index in [4.69, 9.17) is 4.74 Å². The average molecular weight is 511 g/mol. The fourth-order valence-corrected chi connectivity index (χ4v) is 4.12. The minimum atomic E-state index is -4.12. The number of non-ortho nitro benzene ring substituents is 1. The number of carbonyl (C=O) groups is 2. The first-order valence-electron chi connectivity index (χ1n) is 10.5. The van der Waals surface area contributed by atoms with E-state index in [0.29, 0.717) is 16.4 Å². The highest BCUT2D eigenvalue weighted by molar-refractivity contribution is 7.92. The molecule has 0 bridgehead atoms. The van der Waals surface area contributed by atoms with Gasteiger partial charge in [0.05, 0.1) is 18.3 Å². The third kappa shape index (κ3) is 7.12. The summed E-state index contributed by atoms with van der Waals surface area (Å²) >= 11 is 0. The second-order valence-electron chi connectivity index (χ2n) is 7.60. The van der Waals surface area contributed by atoms with E-state index in [0.717, 1.165) is 23.3 Å². The van der Waals surface area contributed by atoms with Crippen LogP contribution in [0.2, 0.25) is 0 Å². The zero-order valence-corrected chi connectivity index (χ0v) is 20.5. The standard InChI is InChI=1S/C22H27FN4O7S/c1-5-24-22(29)15(2)25(13-16-6-8-17(23)9-7-16)21(28)14-26(35(4,32)33)19-12-18(27(30)31)10-11-20(19)34-3/h6-12,15H,5,13-14H2,1-4H3,(H,24,29). The van der Waals surface area contributed by atoms with Crippen molar-refractivity contribution in [3.05, 3.63) is 64.0 Å². The summed E-state index contributed by atoms with van der Waals surface area (Å²) in [5.74, 6) is -1.71. The number of hydrogen-bond donors (Lipinski definition) is 1. The van der Waals surface area contributed by atoms with Crippen LogP contribution in [-0.2, 0) is 26.2 Å². The fourth-order valence-electron chi connectivity index (χ4n) is 3.27. The van der Waals surface area contributed by atoms with Crippen molar-refractivity contribution >= 4 is 33.2 Å². The lowest BCUT2D eigenvalue weighted by atomic mass is 10.1. The SMILES string of the molecule is CCNC(=O)C(C)N(Cc1ccc(F)cc1)C(=O)CN(c1cc([N+](=O)[O-])ccc1OC)S(C)(=O)=O. The molecule has 2 aromatic carbocycles. The lowest BCUT2D eigenvalue weighted by molar-refractivity contribution is -0.384. The maximum absolute atomic E-state index is 13.4. The van der Waals surface area contributed by atoms with Crippen LogP contribution in [0.15, 0.2) is 42.5 Å². The summed E-state index contributed by atoms with van der Waals surface area (Å²) in [7, 11) is -2.87. The van der Waals surface area contributed by atoms with E-state index in [1.807, 2.05) is 0 Å². The van der Waals surface area contributed by atoms with E-state index in [9.17, 15) is 32.5 Å². The smallest absolute Gasteiger partial charge is 0.271 e. The molecule has 2 amide bonds. The van der Waals surface area contributed by atoms with Crippen molar-refractivity contribution in [2.75, 3.05) is 30.8 Å². The van der Waals surface area contributed by atoms with E-state index in [-0.39, 0.29) is 18.0 Å². The Balaban J connectivity index is 2.50. The number of sulfonamides is 1. The van der Waals surface area contributed by atoms with Gasteiger partial charge in [0, 0.05) is 25.2 Å². The van der Waals surface area contributed by atoms with Crippen LogP contribution in [0.25, 0.3) is 0 Å². The average Bonchev–Trinajstić information content (AvgIpc) is 2.80. The van der Waals surface area contributed by atoms with Crippen molar-refractivity contribution in [2.45, 2.75) is 26.4 Å². The number of anilines is 1. The normalized spacial score (nSPS) is 11.9. The molecule has 2 rings (SSSR count). The second kappa shape index (κ2) is 11.6. The number of rotatable bonds is 11. The molecule has 0 aromatic heterocycles. The van der Waals surface area contributed by atoms with Gasteiger partial charge in [0.15, 0.2) is 0 Å². The number of nitrogens with zero attached hydrogens (tertiary/aromatic N) is 3. The van der Waals surface area contributed by atoms with Gasteiger partial charge in [-0.2, -0.15) is 0 Å². The van der Waals surface area contributed by atoms with Crippen molar-refractivity contribution in [1.82, 2.24) is 10.2 Å². The molecule has 0 saturated carbocycles. The first-order chi connectivity index (χ1) is 16.4. The molecule has 0 aliphatic carbocycles. The van der Waals surface area contributed by atoms with Gasteiger partial charge in [-0.3, -0.25) is 24.0 Å². The van der Waals surface area contributed by atoms with Crippen molar-refractivity contribution in [2.24, 2.45) is 0 Å². The number of halogens is 1. The zero-order chi connectivity index (χ0) is 26.3. The molecule has 11 nitrogen and oxygen atoms in total. The van der Waals surface area contributed by atoms with Gasteiger partial charge in [0.25, 0.3) is 5.69 Å². The van der Waals surface area contributed by atoms with E-state index in [2.05, 4.69) is 5.32 Å². The van der Waals surface area contributed by atoms with Gasteiger partial charge in [-0.15, -0.1) is 0 Å². The second-order valence-corrected chi connectivity index (χ2v) is 9.51. The van der Waals surface area contributed by atoms with Gasteiger partial charge in [-0.1, -0.05) is 12.1 Å². The van der Waals surface area contributed by atoms with Gasteiger partial charge in [0.1, 0.15) is 29.8 Å². The summed E-state index contributed by atoms with van der Waals surface area (Å²) in [6, 6.07) is 7.64. The largest absolute Gasteiger partial charge is 0.495 e. The molecular weight excluding hydrogens is 483 g/mol. The predicted molar refractivity (Wildman–Crippen MR) is 127 cm³/mol. The van der Waals surface area contributed by atoms with Crippen LogP contribution in [0.1, 0.15) is 19.4 Å². The number of ether oxygens (including phenoxy) is 1. The van der Waals surface area contributed by atoms with E-state index in [1.54, 1.807) is 6.92 Å². The number of carbonyl (C=O) groups excluding carboxylic acids is 2. The Hall–Kier alpha value is -3.74. The minimum Gasteiger partial charge on any atom is -0.495 e. The Morgan fingerprint density at radius 2 is 1.83 bits per heavy atom. The number of benzene rings is 2. The molecule has 2 aromatic rings. The Kier molecular flexibility index (Phi) is 9.12. The van der Waals surface area contributed by atoms with Crippen LogP contribution in [-0.4, -0.2) is 62.6 Å². The van der Waals surface area contributed by atoms with E-state index >= 15 is 0 Å². The number of nitro groups is 1. The fraction of sp³-hybridized carbons (Fsp3) is 0.364. The monoisotopic (exact) mass is 510 g/mol. The van der Waals surface area contributed by atoms with Crippen LogP contribution in [0.3, 0.4) is 0 Å². The van der Waals surface area contributed by atoms with Gasteiger partial charge in [0.2, 0.25) is 21.8 Å². The maximum atomic E-state index is 13.4.